The Morgan fingerprint density at radius 2 is 2.17 bits per heavy atom. The fraction of sp³-hybridized carbons (Fsp3) is 0.636. The third kappa shape index (κ3) is 4.35. The largest absolute Gasteiger partial charge is 0.330 e. The van der Waals surface area contributed by atoms with Gasteiger partial charge < -0.3 is 5.73 Å². The Bertz CT molecular complexity index is 138. The number of hydrogen-bond donors (Lipinski definition) is 1. The van der Waals surface area contributed by atoms with Gasteiger partial charge in [-0.1, -0.05) is 38.2 Å². The van der Waals surface area contributed by atoms with Gasteiger partial charge in [0.05, 0.1) is 0 Å². The quantitative estimate of drug-likeness (QED) is 0.580. The van der Waals surface area contributed by atoms with E-state index in [0.717, 1.165) is 19.4 Å². The summed E-state index contributed by atoms with van der Waals surface area (Å²) in [5.74, 6) is 0.607. The van der Waals surface area contributed by atoms with E-state index in [4.69, 9.17) is 5.73 Å². The Kier molecular flexibility index (Phi) is 6.78. The van der Waals surface area contributed by atoms with Crippen LogP contribution in [0.2, 0.25) is 0 Å². The van der Waals surface area contributed by atoms with E-state index in [1.54, 1.807) is 0 Å². The van der Waals surface area contributed by atoms with Crippen molar-refractivity contribution in [2.45, 2.75) is 32.6 Å². The van der Waals surface area contributed by atoms with Crippen molar-refractivity contribution in [3.8, 4) is 0 Å². The van der Waals surface area contributed by atoms with Crippen LogP contribution in [0.15, 0.2) is 24.8 Å². The topological polar surface area (TPSA) is 26.0 Å². The molecule has 0 aromatic heterocycles. The van der Waals surface area contributed by atoms with Crippen LogP contribution in [-0.2, 0) is 0 Å². The molecular weight excluding hydrogens is 146 g/mol. The van der Waals surface area contributed by atoms with Crippen LogP contribution in [-0.4, -0.2) is 6.54 Å². The molecule has 0 aromatic carbocycles. The van der Waals surface area contributed by atoms with Crippen LogP contribution in [0.25, 0.3) is 0 Å². The summed E-state index contributed by atoms with van der Waals surface area (Å²) in [5.41, 5.74) is 6.63. The highest BCUT2D eigenvalue weighted by Crippen LogP contribution is 2.21. The first-order chi connectivity index (χ1) is 5.76. The van der Waals surface area contributed by atoms with Crippen LogP contribution in [0.3, 0.4) is 0 Å². The fourth-order valence-electron chi connectivity index (χ4n) is 1.39. The lowest BCUT2D eigenvalue weighted by Crippen LogP contribution is -2.06. The van der Waals surface area contributed by atoms with Crippen LogP contribution in [0.5, 0.6) is 0 Å². The summed E-state index contributed by atoms with van der Waals surface area (Å²) in [7, 11) is 0. The van der Waals surface area contributed by atoms with Gasteiger partial charge in [0.2, 0.25) is 0 Å². The molecule has 0 rings (SSSR count). The second-order valence-electron chi connectivity index (χ2n) is 3.20. The number of allylic oxidation sites excluding steroid dienone is 2. The zero-order chi connectivity index (χ0) is 9.40. The molecule has 0 aromatic rings. The Morgan fingerprint density at radius 1 is 1.50 bits per heavy atom. The van der Waals surface area contributed by atoms with Gasteiger partial charge >= 0.3 is 0 Å². The summed E-state index contributed by atoms with van der Waals surface area (Å²) in [6.07, 6.45) is 6.55. The third-order valence-electron chi connectivity index (χ3n) is 2.18. The molecule has 70 valence electrons. The van der Waals surface area contributed by atoms with Crippen molar-refractivity contribution in [1.29, 1.82) is 0 Å². The van der Waals surface area contributed by atoms with E-state index in [2.05, 4.69) is 20.1 Å². The molecule has 0 saturated heterocycles. The SMILES string of the molecule is C=CC(=C)C(CCC)CCCN. The summed E-state index contributed by atoms with van der Waals surface area (Å²) in [5, 5.41) is 0. The lowest BCUT2D eigenvalue weighted by molar-refractivity contribution is 0.505. The zero-order valence-corrected chi connectivity index (χ0v) is 8.18. The van der Waals surface area contributed by atoms with E-state index in [9.17, 15) is 0 Å². The fourth-order valence-corrected chi connectivity index (χ4v) is 1.39. The molecule has 0 radical (unpaired) electrons. The van der Waals surface area contributed by atoms with Crippen molar-refractivity contribution in [3.05, 3.63) is 24.8 Å². The minimum Gasteiger partial charge on any atom is -0.330 e. The second kappa shape index (κ2) is 7.11. The van der Waals surface area contributed by atoms with Crippen molar-refractivity contribution in [3.63, 3.8) is 0 Å². The maximum Gasteiger partial charge on any atom is -0.00771 e. The summed E-state index contributed by atoms with van der Waals surface area (Å²) in [4.78, 5) is 0. The highest BCUT2D eigenvalue weighted by Gasteiger charge is 2.07. The van der Waals surface area contributed by atoms with E-state index in [0.29, 0.717) is 5.92 Å². The van der Waals surface area contributed by atoms with Gasteiger partial charge in [0, 0.05) is 0 Å². The van der Waals surface area contributed by atoms with Crippen LogP contribution in [0.1, 0.15) is 32.6 Å². The normalized spacial score (nSPS) is 12.5. The molecule has 0 fully saturated rings. The second-order valence-corrected chi connectivity index (χ2v) is 3.20. The highest BCUT2D eigenvalue weighted by atomic mass is 14.5. The van der Waals surface area contributed by atoms with Crippen molar-refractivity contribution in [2.24, 2.45) is 11.7 Å². The van der Waals surface area contributed by atoms with E-state index >= 15 is 0 Å². The minimum absolute atomic E-state index is 0.607. The molecule has 0 aliphatic heterocycles. The predicted molar refractivity (Wildman–Crippen MR) is 56.0 cm³/mol. The average Bonchev–Trinajstić information content (AvgIpc) is 2.11. The predicted octanol–water partition coefficient (Wildman–Crippen LogP) is 2.88. The summed E-state index contributed by atoms with van der Waals surface area (Å²) >= 11 is 0. The molecule has 0 aliphatic carbocycles. The van der Waals surface area contributed by atoms with E-state index in [1.807, 2.05) is 6.08 Å². The standard InChI is InChI=1S/C11H21N/c1-4-7-11(8-6-9-12)10(3)5-2/h5,11H,2-4,6-9,12H2,1H3. The average molecular weight is 167 g/mol. The first-order valence-electron chi connectivity index (χ1n) is 4.77. The molecule has 1 heteroatoms. The summed E-state index contributed by atoms with van der Waals surface area (Å²) in [6, 6.07) is 0. The molecule has 0 saturated carbocycles. The maximum atomic E-state index is 5.46. The smallest absolute Gasteiger partial charge is 0.00771 e. The lowest BCUT2D eigenvalue weighted by atomic mass is 9.91. The molecule has 2 N–H and O–H groups in total. The monoisotopic (exact) mass is 167 g/mol. The van der Waals surface area contributed by atoms with Crippen molar-refractivity contribution < 1.29 is 0 Å². The number of nitrogens with two attached hydrogens (primary N) is 1. The van der Waals surface area contributed by atoms with Crippen molar-refractivity contribution >= 4 is 0 Å². The van der Waals surface area contributed by atoms with Gasteiger partial charge in [-0.2, -0.15) is 0 Å². The zero-order valence-electron chi connectivity index (χ0n) is 8.18. The molecular formula is C11H21N. The first kappa shape index (κ1) is 11.4. The van der Waals surface area contributed by atoms with Gasteiger partial charge in [0.25, 0.3) is 0 Å². The van der Waals surface area contributed by atoms with Crippen molar-refractivity contribution in [2.75, 3.05) is 6.54 Å². The van der Waals surface area contributed by atoms with Crippen molar-refractivity contribution in [1.82, 2.24) is 0 Å². The van der Waals surface area contributed by atoms with Gasteiger partial charge in [-0.05, 0) is 31.7 Å². The molecule has 0 heterocycles. The minimum atomic E-state index is 0.607. The Morgan fingerprint density at radius 3 is 2.58 bits per heavy atom. The Labute approximate surface area is 76.3 Å². The van der Waals surface area contributed by atoms with Gasteiger partial charge in [-0.25, -0.2) is 0 Å². The van der Waals surface area contributed by atoms with E-state index in [1.165, 1.54) is 18.4 Å². The van der Waals surface area contributed by atoms with Gasteiger partial charge in [0.15, 0.2) is 0 Å². The van der Waals surface area contributed by atoms with Gasteiger partial charge in [-0.15, -0.1) is 0 Å². The molecule has 1 atom stereocenters. The summed E-state index contributed by atoms with van der Waals surface area (Å²) < 4.78 is 0. The highest BCUT2D eigenvalue weighted by molar-refractivity contribution is 5.14. The number of hydrogen-bond acceptors (Lipinski definition) is 1. The molecule has 0 amide bonds. The van der Waals surface area contributed by atoms with Gasteiger partial charge in [-0.3, -0.25) is 0 Å². The molecule has 1 unspecified atom stereocenters. The first-order valence-corrected chi connectivity index (χ1v) is 4.77. The molecule has 0 bridgehead atoms. The lowest BCUT2D eigenvalue weighted by Gasteiger charge is -2.15. The molecule has 12 heavy (non-hydrogen) atoms. The summed E-state index contributed by atoms with van der Waals surface area (Å²) in [6.45, 7) is 10.7. The van der Waals surface area contributed by atoms with E-state index < -0.39 is 0 Å². The van der Waals surface area contributed by atoms with Crippen LogP contribution in [0, 0.1) is 5.92 Å². The molecule has 1 nitrogen and oxygen atoms in total. The van der Waals surface area contributed by atoms with E-state index in [-0.39, 0.29) is 0 Å². The Balaban J connectivity index is 3.84. The molecule has 0 spiro atoms. The third-order valence-corrected chi connectivity index (χ3v) is 2.18. The Hall–Kier alpha value is -0.560. The van der Waals surface area contributed by atoms with Crippen LogP contribution in [0.4, 0.5) is 0 Å². The maximum absolute atomic E-state index is 5.46. The number of rotatable bonds is 7. The molecule has 0 aliphatic rings. The van der Waals surface area contributed by atoms with Gasteiger partial charge in [0.1, 0.15) is 0 Å². The van der Waals surface area contributed by atoms with Crippen LogP contribution >= 0.6 is 0 Å². The van der Waals surface area contributed by atoms with Crippen LogP contribution < -0.4 is 5.73 Å².